The first kappa shape index (κ1) is 16.3. The van der Waals surface area contributed by atoms with E-state index < -0.39 is 17.9 Å². The van der Waals surface area contributed by atoms with Crippen LogP contribution in [0, 0.1) is 0 Å². The quantitative estimate of drug-likeness (QED) is 0.690. The third kappa shape index (κ3) is 4.47. The number of ether oxygens (including phenoxy) is 2. The molecule has 0 spiro atoms. The molecule has 1 atom stereocenters. The summed E-state index contributed by atoms with van der Waals surface area (Å²) in [6, 6.07) is 7.94. The lowest BCUT2D eigenvalue weighted by Crippen LogP contribution is -2.42. The zero-order valence-electron chi connectivity index (χ0n) is 12.8. The maximum atomic E-state index is 11.9. The topological polar surface area (TPSA) is 119 Å². The number of nitrogens with zero attached hydrogens (tertiary/aromatic N) is 1. The van der Waals surface area contributed by atoms with Crippen LogP contribution in [0.5, 0.6) is 11.5 Å². The van der Waals surface area contributed by atoms with Gasteiger partial charge in [-0.1, -0.05) is 6.07 Å². The van der Waals surface area contributed by atoms with E-state index in [1.54, 1.807) is 25.3 Å². The number of benzene rings is 1. The fourth-order valence-corrected chi connectivity index (χ4v) is 1.75. The number of primary amides is 1. The SMILES string of the molecule is COc1cccc(OCc2cc(C(=O)NC(C)C(N)=O)n[nH]2)c1. The number of rotatable bonds is 7. The lowest BCUT2D eigenvalue weighted by molar-refractivity contribution is -0.119. The highest BCUT2D eigenvalue weighted by atomic mass is 16.5. The van der Waals surface area contributed by atoms with Crippen LogP contribution in [-0.4, -0.2) is 35.2 Å². The van der Waals surface area contributed by atoms with Crippen molar-refractivity contribution in [2.75, 3.05) is 7.11 Å². The highest BCUT2D eigenvalue weighted by Crippen LogP contribution is 2.19. The predicted octanol–water partition coefficient (Wildman–Crippen LogP) is 0.601. The maximum Gasteiger partial charge on any atom is 0.272 e. The van der Waals surface area contributed by atoms with E-state index in [2.05, 4.69) is 15.5 Å². The molecule has 1 unspecified atom stereocenters. The van der Waals surface area contributed by atoms with Crippen LogP contribution in [0.1, 0.15) is 23.1 Å². The van der Waals surface area contributed by atoms with Crippen molar-refractivity contribution < 1.29 is 19.1 Å². The fraction of sp³-hybridized carbons (Fsp3) is 0.267. The van der Waals surface area contributed by atoms with Gasteiger partial charge in [-0.05, 0) is 25.1 Å². The summed E-state index contributed by atoms with van der Waals surface area (Å²) in [6.07, 6.45) is 0. The summed E-state index contributed by atoms with van der Waals surface area (Å²) in [5, 5.41) is 9.03. The predicted molar refractivity (Wildman–Crippen MR) is 82.0 cm³/mol. The number of carbonyl (C=O) groups is 2. The van der Waals surface area contributed by atoms with Gasteiger partial charge in [0.2, 0.25) is 5.91 Å². The number of amides is 2. The monoisotopic (exact) mass is 318 g/mol. The minimum absolute atomic E-state index is 0.155. The average Bonchev–Trinajstić information content (AvgIpc) is 3.02. The number of hydrogen-bond acceptors (Lipinski definition) is 5. The van der Waals surface area contributed by atoms with Gasteiger partial charge in [0.1, 0.15) is 29.8 Å². The van der Waals surface area contributed by atoms with Crippen molar-refractivity contribution in [2.45, 2.75) is 19.6 Å². The van der Waals surface area contributed by atoms with Crippen LogP contribution in [-0.2, 0) is 11.4 Å². The van der Waals surface area contributed by atoms with E-state index in [1.165, 1.54) is 6.92 Å². The van der Waals surface area contributed by atoms with Gasteiger partial charge in [0.25, 0.3) is 5.91 Å². The van der Waals surface area contributed by atoms with Crippen LogP contribution in [0.15, 0.2) is 30.3 Å². The first-order valence-electron chi connectivity index (χ1n) is 6.91. The number of hydrogen-bond donors (Lipinski definition) is 3. The lowest BCUT2D eigenvalue weighted by atomic mass is 10.3. The summed E-state index contributed by atoms with van der Waals surface area (Å²) in [4.78, 5) is 22.8. The number of methoxy groups -OCH3 is 1. The standard InChI is InChI=1S/C15H18N4O4/c1-9(14(16)20)17-15(21)13-6-10(18-19-13)8-23-12-5-3-4-11(7-12)22-2/h3-7,9H,8H2,1-2H3,(H2,16,20)(H,17,21)(H,18,19). The van der Waals surface area contributed by atoms with E-state index in [1.807, 2.05) is 12.1 Å². The van der Waals surface area contributed by atoms with Crippen molar-refractivity contribution in [3.05, 3.63) is 41.7 Å². The van der Waals surface area contributed by atoms with Crippen LogP contribution < -0.4 is 20.5 Å². The third-order valence-corrected chi connectivity index (χ3v) is 3.07. The van der Waals surface area contributed by atoms with Crippen molar-refractivity contribution in [2.24, 2.45) is 5.73 Å². The van der Waals surface area contributed by atoms with Crippen molar-refractivity contribution in [3.8, 4) is 11.5 Å². The number of aromatic nitrogens is 2. The molecule has 2 rings (SSSR count). The van der Waals surface area contributed by atoms with Crippen molar-refractivity contribution in [1.82, 2.24) is 15.5 Å². The van der Waals surface area contributed by atoms with Crippen molar-refractivity contribution in [1.29, 1.82) is 0 Å². The van der Waals surface area contributed by atoms with E-state index in [-0.39, 0.29) is 12.3 Å². The summed E-state index contributed by atoms with van der Waals surface area (Å²) in [5.74, 6) is 0.218. The molecule has 122 valence electrons. The average molecular weight is 318 g/mol. The van der Waals surface area contributed by atoms with Crippen LogP contribution in [0.3, 0.4) is 0 Å². The molecule has 1 aromatic heterocycles. The van der Waals surface area contributed by atoms with E-state index >= 15 is 0 Å². The van der Waals surface area contributed by atoms with Crippen LogP contribution in [0.4, 0.5) is 0 Å². The van der Waals surface area contributed by atoms with Gasteiger partial charge >= 0.3 is 0 Å². The van der Waals surface area contributed by atoms with E-state index in [9.17, 15) is 9.59 Å². The van der Waals surface area contributed by atoms with Crippen molar-refractivity contribution in [3.63, 3.8) is 0 Å². The molecule has 23 heavy (non-hydrogen) atoms. The Morgan fingerprint density at radius 2 is 2.09 bits per heavy atom. The number of nitrogens with two attached hydrogens (primary N) is 1. The Morgan fingerprint density at radius 3 is 2.78 bits per heavy atom. The summed E-state index contributed by atoms with van der Waals surface area (Å²) in [6.45, 7) is 1.71. The molecule has 0 fully saturated rings. The number of nitrogens with one attached hydrogen (secondary N) is 2. The zero-order valence-corrected chi connectivity index (χ0v) is 12.8. The molecule has 0 saturated heterocycles. The van der Waals surface area contributed by atoms with Crippen LogP contribution in [0.2, 0.25) is 0 Å². The third-order valence-electron chi connectivity index (χ3n) is 3.07. The Morgan fingerprint density at radius 1 is 1.35 bits per heavy atom. The van der Waals surface area contributed by atoms with E-state index in [0.29, 0.717) is 17.2 Å². The molecule has 1 aromatic carbocycles. The van der Waals surface area contributed by atoms with Gasteiger partial charge in [-0.25, -0.2) is 0 Å². The second kappa shape index (κ2) is 7.30. The zero-order chi connectivity index (χ0) is 16.8. The molecule has 0 aliphatic rings. The number of H-pyrrole nitrogens is 1. The maximum absolute atomic E-state index is 11.9. The summed E-state index contributed by atoms with van der Waals surface area (Å²) >= 11 is 0. The smallest absolute Gasteiger partial charge is 0.272 e. The van der Waals surface area contributed by atoms with Gasteiger partial charge < -0.3 is 20.5 Å². The highest BCUT2D eigenvalue weighted by Gasteiger charge is 2.16. The molecule has 0 aliphatic heterocycles. The van der Waals surface area contributed by atoms with E-state index in [4.69, 9.17) is 15.2 Å². The molecule has 0 bridgehead atoms. The summed E-state index contributed by atoms with van der Waals surface area (Å²) < 4.78 is 10.7. The van der Waals surface area contributed by atoms with Crippen LogP contribution in [0.25, 0.3) is 0 Å². The number of carbonyl (C=O) groups excluding carboxylic acids is 2. The second-order valence-electron chi connectivity index (χ2n) is 4.84. The second-order valence-corrected chi connectivity index (χ2v) is 4.84. The Hall–Kier alpha value is -3.03. The van der Waals surface area contributed by atoms with Gasteiger partial charge in [-0.2, -0.15) is 5.10 Å². The summed E-state index contributed by atoms with van der Waals surface area (Å²) in [5.41, 5.74) is 5.86. The Kier molecular flexibility index (Phi) is 5.19. The molecule has 1 heterocycles. The van der Waals surface area contributed by atoms with Gasteiger partial charge in [0, 0.05) is 6.07 Å². The lowest BCUT2D eigenvalue weighted by Gasteiger charge is -2.07. The molecule has 8 heteroatoms. The molecule has 0 radical (unpaired) electrons. The Bertz CT molecular complexity index is 698. The van der Waals surface area contributed by atoms with Gasteiger partial charge in [0.15, 0.2) is 0 Å². The normalized spacial score (nSPS) is 11.6. The largest absolute Gasteiger partial charge is 0.497 e. The van der Waals surface area contributed by atoms with Gasteiger partial charge in [-0.3, -0.25) is 14.7 Å². The molecular weight excluding hydrogens is 300 g/mol. The molecule has 8 nitrogen and oxygen atoms in total. The Labute approximate surface area is 133 Å². The molecule has 4 N–H and O–H groups in total. The Balaban J connectivity index is 1.94. The fourth-order valence-electron chi connectivity index (χ4n) is 1.75. The highest BCUT2D eigenvalue weighted by molar-refractivity contribution is 5.95. The molecular formula is C15H18N4O4. The molecule has 0 saturated carbocycles. The van der Waals surface area contributed by atoms with Gasteiger partial charge in [0.05, 0.1) is 12.8 Å². The molecule has 2 amide bonds. The number of aromatic amines is 1. The minimum atomic E-state index is -0.768. The van der Waals surface area contributed by atoms with Crippen molar-refractivity contribution >= 4 is 11.8 Å². The van der Waals surface area contributed by atoms with Crippen LogP contribution >= 0.6 is 0 Å². The van der Waals surface area contributed by atoms with Gasteiger partial charge in [-0.15, -0.1) is 0 Å². The molecule has 0 aliphatic carbocycles. The molecule has 2 aromatic rings. The summed E-state index contributed by atoms with van der Waals surface area (Å²) in [7, 11) is 1.58. The first-order chi connectivity index (χ1) is 11.0. The minimum Gasteiger partial charge on any atom is -0.497 e. The first-order valence-corrected chi connectivity index (χ1v) is 6.91. The van der Waals surface area contributed by atoms with E-state index in [0.717, 1.165) is 0 Å².